The molecule has 2 fully saturated rings. The minimum absolute atomic E-state index is 0.00432. The molecule has 7 heterocycles. The van der Waals surface area contributed by atoms with Crippen LogP contribution in [-0.4, -0.2) is 182 Å². The Morgan fingerprint density at radius 3 is 1.55 bits per heavy atom. The SMILES string of the molecule is COc1cc2c(cc1OCc1cc(COc3cc4c(cc3OC)C(=O)N3Cc5ccccc5C[C@H]3C(O)N4C(=O)OCc3ccc(O[C@H]4C[C@@H](OC(C)=O)[C@@H](OC(C)=O)[C@@H](OC(C)=O)O4)cc3)cc(CN(C)C)c1)N(C(=O)OCc1ccc(O[C@@H]3OC[C@H](OC(C)=O)C[C@H]3OC(C)=O)cc1)C(O)C1Cc3sccc3CN1C2=O. The van der Waals surface area contributed by atoms with Gasteiger partial charge in [0.2, 0.25) is 25.0 Å². The first-order valence-corrected chi connectivity index (χ1v) is 37.3. The molecular formula is C81H85N5O26S. The van der Waals surface area contributed by atoms with Gasteiger partial charge in [0.25, 0.3) is 11.8 Å². The standard InChI is InChI=1S/C81H85N5O26S/c1-43(87)105-58-28-70(107-45(3)89)78(102-42-58)111-57-20-16-49(17-21-57)39-104-81(97)86-62-32-68(66(99-9)30-60(62)75(93)84-37-55-22-23-113-71(55)33-64(84)77(86)95)101-41-52-25-50(35-82(6)7)24-51(26-52)40-100-67-31-61-59(29-65(67)98-8)74(92)83-36-54-13-11-10-12-53(54)27-63(83)76(94)85(61)80(96)103-38-48-14-18-56(19-15-48)110-72-34-69(106-44(2)88)73(108-46(4)90)79(112-72)109-47(5)91/h10-26,29-32,58,63-64,69-70,72-73,76-79,94-95H,27-28,33-42H2,1-9H3/t58-,63+,64?,69-,70-,72-,73-,76?,77?,78+,79+/m1/s1. The molecule has 2 saturated heterocycles. The van der Waals surface area contributed by atoms with Crippen molar-refractivity contribution < 1.29 is 124 Å². The van der Waals surface area contributed by atoms with Gasteiger partial charge in [0.15, 0.2) is 47.7 Å². The number of amides is 4. The molecule has 0 bridgehead atoms. The lowest BCUT2D eigenvalue weighted by Gasteiger charge is -2.39. The summed E-state index contributed by atoms with van der Waals surface area (Å²) in [5, 5.41) is 27.1. The van der Waals surface area contributed by atoms with Crippen LogP contribution in [-0.2, 0) is 126 Å². The Morgan fingerprint density at radius 2 is 1.02 bits per heavy atom. The minimum atomic E-state index is -1.66. The highest BCUT2D eigenvalue weighted by atomic mass is 32.1. The van der Waals surface area contributed by atoms with E-state index in [1.807, 2.05) is 72.9 Å². The molecule has 11 atom stereocenters. The van der Waals surface area contributed by atoms with Crippen molar-refractivity contribution in [2.45, 2.75) is 174 Å². The molecule has 32 heteroatoms. The van der Waals surface area contributed by atoms with Gasteiger partial charge in [-0.15, -0.1) is 11.3 Å². The van der Waals surface area contributed by atoms with E-state index in [0.717, 1.165) is 50.8 Å². The molecule has 0 spiro atoms. The third-order valence-electron chi connectivity index (χ3n) is 19.6. The Bertz CT molecular complexity index is 4720. The number of carbonyl (C=O) groups is 9. The molecule has 7 aromatic rings. The number of carbonyl (C=O) groups excluding carboxylic acids is 9. The predicted octanol–water partition coefficient (Wildman–Crippen LogP) is 8.94. The molecular weight excluding hydrogens is 1490 g/mol. The van der Waals surface area contributed by atoms with Crippen LogP contribution in [0.25, 0.3) is 0 Å². The monoisotopic (exact) mass is 1580 g/mol. The number of fused-ring (bicyclic) bond motifs is 6. The molecule has 4 amide bonds. The third-order valence-corrected chi connectivity index (χ3v) is 20.6. The van der Waals surface area contributed by atoms with E-state index in [2.05, 4.69) is 0 Å². The van der Waals surface area contributed by atoms with Crippen LogP contribution in [0.5, 0.6) is 34.5 Å². The quantitative estimate of drug-likeness (QED) is 0.0445. The first-order valence-electron chi connectivity index (χ1n) is 36.4. The summed E-state index contributed by atoms with van der Waals surface area (Å²) in [5.74, 6) is -3.22. The highest BCUT2D eigenvalue weighted by molar-refractivity contribution is 7.10. The highest BCUT2D eigenvalue weighted by Crippen LogP contribution is 2.45. The molecule has 6 aliphatic heterocycles. The Labute approximate surface area is 653 Å². The first-order chi connectivity index (χ1) is 54.2. The van der Waals surface area contributed by atoms with E-state index in [1.165, 1.54) is 75.5 Å². The number of benzene rings is 6. The van der Waals surface area contributed by atoms with Crippen molar-refractivity contribution >= 4 is 76.6 Å². The van der Waals surface area contributed by atoms with Crippen molar-refractivity contribution in [2.75, 3.05) is 44.7 Å². The lowest BCUT2D eigenvalue weighted by atomic mass is 9.93. The molecule has 596 valence electrons. The van der Waals surface area contributed by atoms with Crippen LogP contribution in [0.3, 0.4) is 0 Å². The van der Waals surface area contributed by atoms with Crippen LogP contribution in [0.15, 0.2) is 127 Å². The summed E-state index contributed by atoms with van der Waals surface area (Å²) >= 11 is 1.48. The summed E-state index contributed by atoms with van der Waals surface area (Å²) in [6.45, 7) is 5.84. The maximum atomic E-state index is 15.0. The van der Waals surface area contributed by atoms with Gasteiger partial charge in [-0.05, 0) is 119 Å². The topological polar surface area (TPSA) is 349 Å². The van der Waals surface area contributed by atoms with Crippen molar-refractivity contribution in [3.8, 4) is 34.5 Å². The van der Waals surface area contributed by atoms with Crippen LogP contribution in [0.1, 0.15) is 118 Å². The fraction of sp³-hybridized carbons (Fsp3) is 0.395. The molecule has 113 heavy (non-hydrogen) atoms. The van der Waals surface area contributed by atoms with Crippen molar-refractivity contribution in [3.05, 3.63) is 187 Å². The van der Waals surface area contributed by atoms with Crippen molar-refractivity contribution in [1.82, 2.24) is 14.7 Å². The van der Waals surface area contributed by atoms with E-state index in [1.54, 1.807) is 53.4 Å². The number of thiophene rings is 1. The molecule has 13 rings (SSSR count). The summed E-state index contributed by atoms with van der Waals surface area (Å²) < 4.78 is 87.8. The number of rotatable bonds is 23. The Kier molecular flexibility index (Phi) is 24.4. The Morgan fingerprint density at radius 1 is 0.513 bits per heavy atom. The summed E-state index contributed by atoms with van der Waals surface area (Å²) in [7, 11) is 6.64. The fourth-order valence-electron chi connectivity index (χ4n) is 14.6. The zero-order valence-corrected chi connectivity index (χ0v) is 64.1. The number of aliphatic hydroxyl groups is 2. The molecule has 3 unspecified atom stereocenters. The number of hydrogen-bond acceptors (Lipinski definition) is 28. The second-order valence-electron chi connectivity index (χ2n) is 28.1. The zero-order chi connectivity index (χ0) is 80.1. The average Bonchev–Trinajstić information content (AvgIpc) is 1.61. The second kappa shape index (κ2) is 34.6. The molecule has 2 N–H and O–H groups in total. The summed E-state index contributed by atoms with van der Waals surface area (Å²) in [5.41, 5.74) is 5.75. The van der Waals surface area contributed by atoms with E-state index in [-0.39, 0.29) is 123 Å². The maximum absolute atomic E-state index is 15.0. The first kappa shape index (κ1) is 79.5. The number of hydrogen-bond donors (Lipinski definition) is 2. The predicted molar refractivity (Wildman–Crippen MR) is 397 cm³/mol. The smallest absolute Gasteiger partial charge is 0.416 e. The largest absolute Gasteiger partial charge is 0.493 e. The van der Waals surface area contributed by atoms with Gasteiger partial charge < -0.3 is 91.2 Å². The average molecular weight is 1580 g/mol. The zero-order valence-electron chi connectivity index (χ0n) is 63.3. The Hall–Kier alpha value is -11.6. The van der Waals surface area contributed by atoms with Crippen LogP contribution in [0.4, 0.5) is 21.0 Å². The second-order valence-corrected chi connectivity index (χ2v) is 29.1. The van der Waals surface area contributed by atoms with Gasteiger partial charge in [-0.3, -0.25) is 38.3 Å². The van der Waals surface area contributed by atoms with Crippen molar-refractivity contribution in [1.29, 1.82) is 0 Å². The molecule has 31 nitrogen and oxygen atoms in total. The van der Waals surface area contributed by atoms with E-state index >= 15 is 4.79 Å². The van der Waals surface area contributed by atoms with E-state index in [0.29, 0.717) is 34.5 Å². The lowest BCUT2D eigenvalue weighted by Crippen LogP contribution is -2.55. The van der Waals surface area contributed by atoms with E-state index in [4.69, 9.17) is 71.1 Å². The molecule has 6 aliphatic rings. The normalized spacial score (nSPS) is 22.2. The van der Waals surface area contributed by atoms with Crippen LogP contribution < -0.4 is 38.2 Å². The minimum Gasteiger partial charge on any atom is -0.493 e. The van der Waals surface area contributed by atoms with Gasteiger partial charge in [-0.25, -0.2) is 19.4 Å². The van der Waals surface area contributed by atoms with Crippen LogP contribution in [0, 0.1) is 0 Å². The summed E-state index contributed by atoms with van der Waals surface area (Å²) in [4.78, 5) is 128. The van der Waals surface area contributed by atoms with E-state index in [9.17, 15) is 48.6 Å². The lowest BCUT2D eigenvalue weighted by molar-refractivity contribution is -0.296. The van der Waals surface area contributed by atoms with Crippen molar-refractivity contribution in [3.63, 3.8) is 0 Å². The highest BCUT2D eigenvalue weighted by Gasteiger charge is 2.50. The van der Waals surface area contributed by atoms with Gasteiger partial charge in [0, 0.05) is 84.1 Å². The van der Waals surface area contributed by atoms with Gasteiger partial charge >= 0.3 is 42.0 Å². The fourth-order valence-corrected chi connectivity index (χ4v) is 15.6. The van der Waals surface area contributed by atoms with Gasteiger partial charge in [-0.1, -0.05) is 60.7 Å². The molecule has 0 radical (unpaired) electrons. The third kappa shape index (κ3) is 18.3. The molecule has 6 aromatic carbocycles. The summed E-state index contributed by atoms with van der Waals surface area (Å²) in [6, 6.07) is 32.0. The number of nitrogens with zero attached hydrogens (tertiary/aromatic N) is 5. The van der Waals surface area contributed by atoms with Crippen LogP contribution >= 0.6 is 11.3 Å². The summed E-state index contributed by atoms with van der Waals surface area (Å²) in [6.07, 6.45) is -12.5. The number of esters is 5. The van der Waals surface area contributed by atoms with Gasteiger partial charge in [-0.2, -0.15) is 0 Å². The number of anilines is 2. The van der Waals surface area contributed by atoms with E-state index < -0.39 is 122 Å². The maximum Gasteiger partial charge on any atom is 0.416 e. The molecule has 0 aliphatic carbocycles. The van der Waals surface area contributed by atoms with Gasteiger partial charge in [0.05, 0.1) is 61.8 Å². The molecule has 1 aromatic heterocycles. The molecule has 0 saturated carbocycles. The number of ether oxygens (including phenoxy) is 15. The van der Waals surface area contributed by atoms with Crippen LogP contribution in [0.2, 0.25) is 0 Å². The Balaban J connectivity index is 0.740. The van der Waals surface area contributed by atoms with Crippen molar-refractivity contribution in [2.24, 2.45) is 0 Å². The number of methoxy groups -OCH3 is 2. The number of aliphatic hydroxyl groups excluding tert-OH is 2. The van der Waals surface area contributed by atoms with Gasteiger partial charge in [0.1, 0.15) is 44.0 Å².